The van der Waals surface area contributed by atoms with Crippen LogP contribution in [0, 0.1) is 0 Å². The number of hydrogen-bond acceptors (Lipinski definition) is 2. The summed E-state index contributed by atoms with van der Waals surface area (Å²) < 4.78 is 10.9. The average Bonchev–Trinajstić information content (AvgIpc) is 2.29. The summed E-state index contributed by atoms with van der Waals surface area (Å²) in [6.07, 6.45) is 2.43. The number of ether oxygens (including phenoxy) is 2. The van der Waals surface area contributed by atoms with Crippen LogP contribution in [-0.2, 0) is 15.9 Å². The van der Waals surface area contributed by atoms with Crippen molar-refractivity contribution in [3.63, 3.8) is 0 Å². The molecule has 1 aromatic rings. The van der Waals surface area contributed by atoms with E-state index in [1.165, 1.54) is 5.56 Å². The third-order valence-electron chi connectivity index (χ3n) is 2.48. The third-order valence-corrected chi connectivity index (χ3v) is 2.48. The van der Waals surface area contributed by atoms with Crippen LogP contribution in [0.15, 0.2) is 30.3 Å². The van der Waals surface area contributed by atoms with Gasteiger partial charge in [-0.15, -0.1) is 0 Å². The Morgan fingerprint density at radius 3 is 2.71 bits per heavy atom. The van der Waals surface area contributed by atoms with E-state index in [0.29, 0.717) is 6.10 Å². The molecule has 1 unspecified atom stereocenters. The van der Waals surface area contributed by atoms with Gasteiger partial charge >= 0.3 is 0 Å². The minimum atomic E-state index is 0.295. The first kappa shape index (κ1) is 9.69. The molecule has 0 aromatic heterocycles. The van der Waals surface area contributed by atoms with E-state index in [4.69, 9.17) is 9.47 Å². The highest BCUT2D eigenvalue weighted by Crippen LogP contribution is 2.10. The molecule has 2 heteroatoms. The van der Waals surface area contributed by atoms with E-state index in [1.807, 2.05) is 6.07 Å². The van der Waals surface area contributed by atoms with E-state index in [0.717, 1.165) is 32.7 Å². The van der Waals surface area contributed by atoms with Gasteiger partial charge in [-0.2, -0.15) is 0 Å². The van der Waals surface area contributed by atoms with Gasteiger partial charge in [0, 0.05) is 0 Å². The van der Waals surface area contributed by atoms with Gasteiger partial charge in [0.05, 0.1) is 25.9 Å². The lowest BCUT2D eigenvalue weighted by Crippen LogP contribution is -2.28. The van der Waals surface area contributed by atoms with E-state index in [9.17, 15) is 0 Å². The first-order valence-electron chi connectivity index (χ1n) is 5.18. The number of hydrogen-bond donors (Lipinski definition) is 0. The van der Waals surface area contributed by atoms with Gasteiger partial charge < -0.3 is 9.47 Å². The molecule has 1 aromatic carbocycles. The van der Waals surface area contributed by atoms with Crippen LogP contribution >= 0.6 is 0 Å². The summed E-state index contributed by atoms with van der Waals surface area (Å²) in [5.41, 5.74) is 1.38. The van der Waals surface area contributed by atoms with Crippen LogP contribution in [0.25, 0.3) is 0 Å². The lowest BCUT2D eigenvalue weighted by Gasteiger charge is -2.22. The summed E-state index contributed by atoms with van der Waals surface area (Å²) in [4.78, 5) is 0. The van der Waals surface area contributed by atoms with Crippen LogP contribution in [0.4, 0.5) is 0 Å². The van der Waals surface area contributed by atoms with Crippen molar-refractivity contribution in [3.05, 3.63) is 35.9 Å². The molecule has 1 fully saturated rings. The lowest BCUT2D eigenvalue weighted by atomic mass is 10.1. The van der Waals surface area contributed by atoms with Crippen molar-refractivity contribution < 1.29 is 9.47 Å². The molecule has 0 N–H and O–H groups in total. The fraction of sp³-hybridized carbons (Fsp3) is 0.500. The smallest absolute Gasteiger partial charge is 0.0812 e. The highest BCUT2D eigenvalue weighted by Gasteiger charge is 2.13. The predicted molar refractivity (Wildman–Crippen MR) is 55.3 cm³/mol. The SMILES string of the molecule is c1ccc(CCC2COCCO2)cc1. The van der Waals surface area contributed by atoms with Gasteiger partial charge in [-0.25, -0.2) is 0 Å². The van der Waals surface area contributed by atoms with Crippen LogP contribution < -0.4 is 0 Å². The Morgan fingerprint density at radius 2 is 2.00 bits per heavy atom. The lowest BCUT2D eigenvalue weighted by molar-refractivity contribution is -0.0903. The molecule has 1 atom stereocenters. The number of benzene rings is 1. The fourth-order valence-corrected chi connectivity index (χ4v) is 1.68. The molecule has 76 valence electrons. The van der Waals surface area contributed by atoms with Gasteiger partial charge in [-0.1, -0.05) is 30.3 Å². The average molecular weight is 192 g/mol. The number of aryl methyl sites for hydroxylation is 1. The van der Waals surface area contributed by atoms with E-state index in [2.05, 4.69) is 24.3 Å². The van der Waals surface area contributed by atoms with Gasteiger partial charge in [0.1, 0.15) is 0 Å². The van der Waals surface area contributed by atoms with E-state index < -0.39 is 0 Å². The summed E-state index contributed by atoms with van der Waals surface area (Å²) in [6.45, 7) is 2.26. The molecule has 0 saturated carbocycles. The zero-order valence-electron chi connectivity index (χ0n) is 8.32. The Kier molecular flexibility index (Phi) is 3.55. The summed E-state index contributed by atoms with van der Waals surface area (Å²) in [6, 6.07) is 10.5. The molecule has 1 aliphatic heterocycles. The van der Waals surface area contributed by atoms with E-state index >= 15 is 0 Å². The highest BCUT2D eigenvalue weighted by molar-refractivity contribution is 5.14. The Bertz CT molecular complexity index is 252. The summed E-state index contributed by atoms with van der Waals surface area (Å²) in [7, 11) is 0. The topological polar surface area (TPSA) is 18.5 Å². The maximum absolute atomic E-state index is 5.57. The minimum absolute atomic E-state index is 0.295. The molecular weight excluding hydrogens is 176 g/mol. The van der Waals surface area contributed by atoms with Crippen LogP contribution in [0.3, 0.4) is 0 Å². The molecular formula is C12H16O2. The molecule has 2 nitrogen and oxygen atoms in total. The molecule has 0 bridgehead atoms. The van der Waals surface area contributed by atoms with Gasteiger partial charge in [0.15, 0.2) is 0 Å². The van der Waals surface area contributed by atoms with Crippen LogP contribution in [0.2, 0.25) is 0 Å². The molecule has 1 heterocycles. The van der Waals surface area contributed by atoms with Crippen molar-refractivity contribution in [2.75, 3.05) is 19.8 Å². The molecule has 2 rings (SSSR count). The van der Waals surface area contributed by atoms with Gasteiger partial charge in [-0.3, -0.25) is 0 Å². The summed E-state index contributed by atoms with van der Waals surface area (Å²) >= 11 is 0. The standard InChI is InChI=1S/C12H16O2/c1-2-4-11(5-3-1)6-7-12-10-13-8-9-14-12/h1-5,12H,6-10H2. The highest BCUT2D eigenvalue weighted by atomic mass is 16.6. The van der Waals surface area contributed by atoms with Crippen molar-refractivity contribution in [3.8, 4) is 0 Å². The fourth-order valence-electron chi connectivity index (χ4n) is 1.68. The molecule has 0 radical (unpaired) electrons. The summed E-state index contributed by atoms with van der Waals surface area (Å²) in [5, 5.41) is 0. The third kappa shape index (κ3) is 2.82. The molecule has 0 spiro atoms. The number of rotatable bonds is 3. The van der Waals surface area contributed by atoms with Crippen LogP contribution in [0.5, 0.6) is 0 Å². The Balaban J connectivity index is 1.76. The summed E-state index contributed by atoms with van der Waals surface area (Å²) in [5.74, 6) is 0. The Labute approximate surface area is 84.8 Å². The maximum atomic E-state index is 5.57. The Hall–Kier alpha value is -0.860. The van der Waals surface area contributed by atoms with Crippen molar-refractivity contribution in [1.82, 2.24) is 0 Å². The van der Waals surface area contributed by atoms with Crippen LogP contribution in [-0.4, -0.2) is 25.9 Å². The molecule has 14 heavy (non-hydrogen) atoms. The van der Waals surface area contributed by atoms with Crippen molar-refractivity contribution in [2.24, 2.45) is 0 Å². The predicted octanol–water partition coefficient (Wildman–Crippen LogP) is 2.03. The second-order valence-electron chi connectivity index (χ2n) is 3.59. The van der Waals surface area contributed by atoms with E-state index in [1.54, 1.807) is 0 Å². The normalized spacial score (nSPS) is 22.1. The largest absolute Gasteiger partial charge is 0.376 e. The first-order valence-corrected chi connectivity index (χ1v) is 5.18. The second kappa shape index (κ2) is 5.13. The first-order chi connectivity index (χ1) is 6.95. The monoisotopic (exact) mass is 192 g/mol. The zero-order valence-corrected chi connectivity index (χ0v) is 8.32. The maximum Gasteiger partial charge on any atom is 0.0812 e. The van der Waals surface area contributed by atoms with Crippen molar-refractivity contribution in [1.29, 1.82) is 0 Å². The zero-order chi connectivity index (χ0) is 9.64. The molecule has 0 amide bonds. The molecule has 1 saturated heterocycles. The van der Waals surface area contributed by atoms with Gasteiger partial charge in [0.25, 0.3) is 0 Å². The molecule has 1 aliphatic rings. The minimum Gasteiger partial charge on any atom is -0.376 e. The Morgan fingerprint density at radius 1 is 1.14 bits per heavy atom. The van der Waals surface area contributed by atoms with Crippen molar-refractivity contribution >= 4 is 0 Å². The van der Waals surface area contributed by atoms with Gasteiger partial charge in [-0.05, 0) is 18.4 Å². The quantitative estimate of drug-likeness (QED) is 0.729. The molecule has 0 aliphatic carbocycles. The van der Waals surface area contributed by atoms with Crippen LogP contribution in [0.1, 0.15) is 12.0 Å². The van der Waals surface area contributed by atoms with Gasteiger partial charge in [0.2, 0.25) is 0 Å². The van der Waals surface area contributed by atoms with Crippen molar-refractivity contribution in [2.45, 2.75) is 18.9 Å². The second-order valence-corrected chi connectivity index (χ2v) is 3.59. The van der Waals surface area contributed by atoms with E-state index in [-0.39, 0.29) is 0 Å².